The molecular formula is C21H16ClFN6O3S. The lowest BCUT2D eigenvalue weighted by Crippen LogP contribution is -2.34. The Morgan fingerprint density at radius 3 is 2.70 bits per heavy atom. The first-order valence-electron chi connectivity index (χ1n) is 9.58. The Morgan fingerprint density at radius 2 is 1.94 bits per heavy atom. The summed E-state index contributed by atoms with van der Waals surface area (Å²) in [4.78, 5) is 43.5. The van der Waals surface area contributed by atoms with Crippen molar-refractivity contribution in [3.8, 4) is 5.69 Å². The van der Waals surface area contributed by atoms with Gasteiger partial charge in [-0.25, -0.2) is 14.1 Å². The zero-order chi connectivity index (χ0) is 23.4. The minimum absolute atomic E-state index is 0.0798. The number of carbonyl (C=O) groups excluding carboxylic acids is 2. The van der Waals surface area contributed by atoms with E-state index in [0.29, 0.717) is 27.4 Å². The summed E-state index contributed by atoms with van der Waals surface area (Å²) in [5.74, 6) is -1.39. The number of aromatic nitrogens is 4. The van der Waals surface area contributed by atoms with Crippen molar-refractivity contribution in [3.63, 3.8) is 0 Å². The van der Waals surface area contributed by atoms with Crippen LogP contribution in [-0.4, -0.2) is 43.9 Å². The molecule has 4 rings (SSSR count). The number of anilines is 1. The van der Waals surface area contributed by atoms with Crippen LogP contribution in [0.3, 0.4) is 0 Å². The number of nitrogens with zero attached hydrogens (tertiary/aromatic N) is 3. The molecule has 2 heterocycles. The van der Waals surface area contributed by atoms with Crippen LogP contribution in [0.4, 0.5) is 10.1 Å². The lowest BCUT2D eigenvalue weighted by atomic mass is 10.3. The fourth-order valence-corrected chi connectivity index (χ4v) is 3.74. The predicted molar refractivity (Wildman–Crippen MR) is 123 cm³/mol. The molecule has 2 amide bonds. The largest absolute Gasteiger partial charge is 0.346 e. The molecule has 0 aliphatic carbocycles. The van der Waals surface area contributed by atoms with Gasteiger partial charge in [-0.2, -0.15) is 5.10 Å². The second-order valence-corrected chi connectivity index (χ2v) is 8.17. The highest BCUT2D eigenvalue weighted by Gasteiger charge is 2.14. The molecule has 2 aromatic carbocycles. The number of hydrogen-bond donors (Lipinski definition) is 3. The van der Waals surface area contributed by atoms with Crippen molar-refractivity contribution in [2.75, 3.05) is 17.6 Å². The first-order valence-corrected chi connectivity index (χ1v) is 10.9. The number of halogens is 2. The number of carbonyl (C=O) groups is 2. The third-order valence-electron chi connectivity index (χ3n) is 4.38. The topological polar surface area (TPSA) is 122 Å². The van der Waals surface area contributed by atoms with Crippen molar-refractivity contribution < 1.29 is 14.0 Å². The van der Waals surface area contributed by atoms with Gasteiger partial charge in [0.15, 0.2) is 10.8 Å². The number of hydrogen-bond acceptors (Lipinski definition) is 6. The molecule has 0 radical (unpaired) electrons. The highest BCUT2D eigenvalue weighted by Crippen LogP contribution is 2.20. The molecule has 0 atom stereocenters. The summed E-state index contributed by atoms with van der Waals surface area (Å²) in [6.07, 6.45) is 1.41. The molecule has 0 unspecified atom stereocenters. The molecule has 0 fully saturated rings. The molecule has 4 aromatic rings. The van der Waals surface area contributed by atoms with Gasteiger partial charge in [0, 0.05) is 10.7 Å². The number of fused-ring (bicyclic) bond motifs is 1. The van der Waals surface area contributed by atoms with Gasteiger partial charge < -0.3 is 15.6 Å². The smallest absolute Gasteiger partial charge is 0.262 e. The van der Waals surface area contributed by atoms with Gasteiger partial charge in [0.1, 0.15) is 11.2 Å². The van der Waals surface area contributed by atoms with Crippen LogP contribution in [-0.2, 0) is 9.59 Å². The average Bonchev–Trinajstić information content (AvgIpc) is 3.22. The molecule has 0 saturated carbocycles. The maximum atomic E-state index is 12.9. The molecule has 0 aliphatic heterocycles. The summed E-state index contributed by atoms with van der Waals surface area (Å²) < 4.78 is 14.4. The Hall–Kier alpha value is -3.70. The Labute approximate surface area is 195 Å². The molecule has 0 spiro atoms. The van der Waals surface area contributed by atoms with E-state index in [1.54, 1.807) is 24.3 Å². The molecule has 9 nitrogen and oxygen atoms in total. The Bertz CT molecular complexity index is 1390. The monoisotopic (exact) mass is 486 g/mol. The van der Waals surface area contributed by atoms with Crippen LogP contribution >= 0.6 is 23.4 Å². The maximum Gasteiger partial charge on any atom is 0.262 e. The number of amides is 2. The van der Waals surface area contributed by atoms with E-state index in [2.05, 4.69) is 25.7 Å². The normalized spacial score (nSPS) is 10.8. The van der Waals surface area contributed by atoms with Crippen molar-refractivity contribution in [2.24, 2.45) is 0 Å². The number of benzene rings is 2. The van der Waals surface area contributed by atoms with Crippen molar-refractivity contribution in [3.05, 3.63) is 75.9 Å². The highest BCUT2D eigenvalue weighted by molar-refractivity contribution is 7.99. The summed E-state index contributed by atoms with van der Waals surface area (Å²) >= 11 is 7.05. The van der Waals surface area contributed by atoms with Crippen molar-refractivity contribution in [2.45, 2.75) is 5.16 Å². The van der Waals surface area contributed by atoms with Gasteiger partial charge in [-0.05, 0) is 42.5 Å². The zero-order valence-electron chi connectivity index (χ0n) is 16.8. The van der Waals surface area contributed by atoms with Gasteiger partial charge >= 0.3 is 0 Å². The molecule has 3 N–H and O–H groups in total. The number of H-pyrrole nitrogens is 1. The van der Waals surface area contributed by atoms with Crippen LogP contribution in [0.25, 0.3) is 16.7 Å². The fourth-order valence-electron chi connectivity index (χ4n) is 2.87. The van der Waals surface area contributed by atoms with E-state index in [1.165, 1.54) is 35.1 Å². The van der Waals surface area contributed by atoms with Crippen LogP contribution in [0.1, 0.15) is 0 Å². The van der Waals surface area contributed by atoms with Gasteiger partial charge in [0.05, 0.1) is 24.2 Å². The lowest BCUT2D eigenvalue weighted by Gasteiger charge is -2.07. The Morgan fingerprint density at radius 1 is 1.15 bits per heavy atom. The first-order chi connectivity index (χ1) is 15.9. The Kier molecular flexibility index (Phi) is 6.71. The molecule has 12 heteroatoms. The highest BCUT2D eigenvalue weighted by atomic mass is 35.5. The van der Waals surface area contributed by atoms with Crippen LogP contribution in [0, 0.1) is 5.82 Å². The molecule has 168 valence electrons. The van der Waals surface area contributed by atoms with E-state index < -0.39 is 23.2 Å². The van der Waals surface area contributed by atoms with Crippen LogP contribution in [0.5, 0.6) is 0 Å². The molecular weight excluding hydrogens is 471 g/mol. The van der Waals surface area contributed by atoms with E-state index in [9.17, 15) is 18.8 Å². The molecule has 0 aliphatic rings. The zero-order valence-corrected chi connectivity index (χ0v) is 18.4. The minimum atomic E-state index is -0.460. The third kappa shape index (κ3) is 5.57. The number of thioether (sulfide) groups is 1. The molecule has 0 saturated heterocycles. The maximum absolute atomic E-state index is 12.9. The number of aromatic amines is 1. The molecule has 0 bridgehead atoms. The molecule has 2 aromatic heterocycles. The lowest BCUT2D eigenvalue weighted by molar-refractivity contribution is -0.122. The van der Waals surface area contributed by atoms with E-state index in [-0.39, 0.29) is 17.5 Å². The number of nitrogens with one attached hydrogen (secondary N) is 3. The summed E-state index contributed by atoms with van der Waals surface area (Å²) in [5.41, 5.74) is 0.977. The summed E-state index contributed by atoms with van der Waals surface area (Å²) in [7, 11) is 0. The van der Waals surface area contributed by atoms with Crippen LogP contribution < -0.4 is 16.2 Å². The molecule has 33 heavy (non-hydrogen) atoms. The standard InChI is InChI=1S/C21H16ClFN6O3S/c22-12-2-1-3-15(8-12)29-19-16(9-25-29)20(32)28-21(27-19)33-11-18(31)24-10-17(30)26-14-6-4-13(23)5-7-14/h1-9H,10-11H2,(H,24,31)(H,26,30)(H,27,28,32). The SMILES string of the molecule is O=C(CSc1nc2c(cnn2-c2cccc(Cl)c2)c(=O)[nH]1)NCC(=O)Nc1ccc(F)cc1. The van der Waals surface area contributed by atoms with Gasteiger partial charge in [-0.3, -0.25) is 14.4 Å². The van der Waals surface area contributed by atoms with Crippen LogP contribution in [0.15, 0.2) is 64.7 Å². The predicted octanol–water partition coefficient (Wildman–Crippen LogP) is 2.75. The Balaban J connectivity index is 1.38. The first kappa shape index (κ1) is 22.5. The summed E-state index contributed by atoms with van der Waals surface area (Å²) in [6.45, 7) is -0.263. The minimum Gasteiger partial charge on any atom is -0.346 e. The van der Waals surface area contributed by atoms with Gasteiger partial charge in [0.25, 0.3) is 5.56 Å². The second kappa shape index (κ2) is 9.84. The van der Waals surface area contributed by atoms with Crippen molar-refractivity contribution >= 4 is 51.9 Å². The van der Waals surface area contributed by atoms with Crippen molar-refractivity contribution in [1.82, 2.24) is 25.1 Å². The van der Waals surface area contributed by atoms with Crippen molar-refractivity contribution in [1.29, 1.82) is 0 Å². The van der Waals surface area contributed by atoms with Gasteiger partial charge in [-0.1, -0.05) is 29.4 Å². The quantitative estimate of drug-likeness (QED) is 0.273. The van der Waals surface area contributed by atoms with Gasteiger partial charge in [0.2, 0.25) is 11.8 Å². The average molecular weight is 487 g/mol. The van der Waals surface area contributed by atoms with E-state index in [4.69, 9.17) is 11.6 Å². The van der Waals surface area contributed by atoms with E-state index in [1.807, 2.05) is 0 Å². The van der Waals surface area contributed by atoms with E-state index in [0.717, 1.165) is 11.8 Å². The third-order valence-corrected chi connectivity index (χ3v) is 5.49. The number of rotatable bonds is 7. The summed E-state index contributed by atoms with van der Waals surface area (Å²) in [6, 6.07) is 12.2. The fraction of sp³-hybridized carbons (Fsp3) is 0.0952. The van der Waals surface area contributed by atoms with E-state index >= 15 is 0 Å². The van der Waals surface area contributed by atoms with Gasteiger partial charge in [-0.15, -0.1) is 0 Å². The summed E-state index contributed by atoms with van der Waals surface area (Å²) in [5, 5.41) is 10.3. The van der Waals surface area contributed by atoms with Crippen LogP contribution in [0.2, 0.25) is 5.02 Å². The second-order valence-electron chi connectivity index (χ2n) is 6.77.